The zero-order chi connectivity index (χ0) is 14.4. The molecule has 0 saturated heterocycles. The van der Waals surface area contributed by atoms with Crippen molar-refractivity contribution in [3.05, 3.63) is 36.4 Å². The van der Waals surface area contributed by atoms with Crippen LogP contribution in [-0.2, 0) is 6.54 Å². The summed E-state index contributed by atoms with van der Waals surface area (Å²) in [6, 6.07) is 2.33. The number of aromatic nitrogens is 3. The lowest BCUT2D eigenvalue weighted by molar-refractivity contribution is 0.473. The standard InChI is InChI=1S/C15H22N4O/c1-4-5-16-7-13-6-14(9-17-8-13)20-15-10-18-19(11-15)12(2)3/h6,8-12,16H,4-5,7H2,1-3H3. The highest BCUT2D eigenvalue weighted by Crippen LogP contribution is 2.21. The molecule has 5 nitrogen and oxygen atoms in total. The molecule has 0 atom stereocenters. The number of nitrogens with zero attached hydrogens (tertiary/aromatic N) is 3. The monoisotopic (exact) mass is 274 g/mol. The number of nitrogens with one attached hydrogen (secondary N) is 1. The minimum Gasteiger partial charge on any atom is -0.452 e. The molecule has 0 amide bonds. The van der Waals surface area contributed by atoms with E-state index < -0.39 is 0 Å². The summed E-state index contributed by atoms with van der Waals surface area (Å²) in [5.41, 5.74) is 1.12. The molecule has 0 bridgehead atoms. The van der Waals surface area contributed by atoms with E-state index in [1.807, 2.05) is 23.1 Å². The van der Waals surface area contributed by atoms with Crippen molar-refractivity contribution in [2.75, 3.05) is 6.54 Å². The summed E-state index contributed by atoms with van der Waals surface area (Å²) in [7, 11) is 0. The number of pyridine rings is 1. The summed E-state index contributed by atoms with van der Waals surface area (Å²) in [6.07, 6.45) is 8.32. The molecular weight excluding hydrogens is 252 g/mol. The Bertz CT molecular complexity index is 536. The van der Waals surface area contributed by atoms with Gasteiger partial charge in [-0.1, -0.05) is 6.92 Å². The van der Waals surface area contributed by atoms with Crippen LogP contribution in [0.25, 0.3) is 0 Å². The Labute approximate surface area is 120 Å². The molecule has 0 unspecified atom stereocenters. The molecule has 2 rings (SSSR count). The van der Waals surface area contributed by atoms with Gasteiger partial charge in [-0.2, -0.15) is 5.10 Å². The summed E-state index contributed by atoms with van der Waals surface area (Å²) in [5, 5.41) is 7.60. The van der Waals surface area contributed by atoms with Crippen molar-refractivity contribution in [3.8, 4) is 11.5 Å². The van der Waals surface area contributed by atoms with Crippen molar-refractivity contribution in [2.45, 2.75) is 39.8 Å². The van der Waals surface area contributed by atoms with E-state index in [9.17, 15) is 0 Å². The molecule has 0 aromatic carbocycles. The van der Waals surface area contributed by atoms with Crippen LogP contribution in [0.1, 0.15) is 38.8 Å². The summed E-state index contributed by atoms with van der Waals surface area (Å²) >= 11 is 0. The molecular formula is C15H22N4O. The molecule has 1 N–H and O–H groups in total. The first-order valence-electron chi connectivity index (χ1n) is 7.05. The molecule has 108 valence electrons. The van der Waals surface area contributed by atoms with Gasteiger partial charge in [-0.05, 0) is 38.4 Å². The first-order valence-corrected chi connectivity index (χ1v) is 7.05. The molecule has 0 saturated carbocycles. The van der Waals surface area contributed by atoms with Crippen LogP contribution in [-0.4, -0.2) is 21.3 Å². The fourth-order valence-corrected chi connectivity index (χ4v) is 1.82. The summed E-state index contributed by atoms with van der Waals surface area (Å²) in [6.45, 7) is 8.13. The van der Waals surface area contributed by atoms with Gasteiger partial charge >= 0.3 is 0 Å². The normalized spacial score (nSPS) is 11.0. The van der Waals surface area contributed by atoms with Crippen LogP contribution in [0.2, 0.25) is 0 Å². The molecule has 2 aromatic heterocycles. The average molecular weight is 274 g/mol. The maximum absolute atomic E-state index is 5.78. The largest absolute Gasteiger partial charge is 0.452 e. The molecule has 0 fully saturated rings. The molecule has 2 heterocycles. The zero-order valence-corrected chi connectivity index (χ0v) is 12.3. The molecule has 20 heavy (non-hydrogen) atoms. The van der Waals surface area contributed by atoms with Gasteiger partial charge in [0.25, 0.3) is 0 Å². The molecule has 0 spiro atoms. The van der Waals surface area contributed by atoms with Gasteiger partial charge in [0.2, 0.25) is 0 Å². The van der Waals surface area contributed by atoms with Crippen LogP contribution in [0.15, 0.2) is 30.9 Å². The lowest BCUT2D eigenvalue weighted by Crippen LogP contribution is -2.13. The van der Waals surface area contributed by atoms with Gasteiger partial charge in [-0.15, -0.1) is 0 Å². The smallest absolute Gasteiger partial charge is 0.165 e. The molecule has 0 radical (unpaired) electrons. The fourth-order valence-electron chi connectivity index (χ4n) is 1.82. The van der Waals surface area contributed by atoms with E-state index in [-0.39, 0.29) is 0 Å². The van der Waals surface area contributed by atoms with Crippen LogP contribution in [0.5, 0.6) is 11.5 Å². The second-order valence-corrected chi connectivity index (χ2v) is 5.06. The van der Waals surface area contributed by atoms with E-state index in [4.69, 9.17) is 4.74 Å². The Kier molecular flexibility index (Phi) is 5.12. The van der Waals surface area contributed by atoms with Crippen molar-refractivity contribution in [2.24, 2.45) is 0 Å². The molecule has 0 aliphatic rings. The lowest BCUT2D eigenvalue weighted by Gasteiger charge is -2.06. The third-order valence-electron chi connectivity index (χ3n) is 2.87. The predicted molar refractivity (Wildman–Crippen MR) is 78.9 cm³/mol. The Morgan fingerprint density at radius 1 is 1.25 bits per heavy atom. The Hall–Kier alpha value is -1.88. The number of ether oxygens (including phenoxy) is 1. The zero-order valence-electron chi connectivity index (χ0n) is 12.3. The van der Waals surface area contributed by atoms with Gasteiger partial charge in [-0.25, -0.2) is 0 Å². The summed E-state index contributed by atoms with van der Waals surface area (Å²) in [5.74, 6) is 1.48. The maximum Gasteiger partial charge on any atom is 0.165 e. The maximum atomic E-state index is 5.78. The van der Waals surface area contributed by atoms with E-state index in [1.54, 1.807) is 12.4 Å². The van der Waals surface area contributed by atoms with Crippen LogP contribution in [0, 0.1) is 0 Å². The second-order valence-electron chi connectivity index (χ2n) is 5.06. The lowest BCUT2D eigenvalue weighted by atomic mass is 10.2. The topological polar surface area (TPSA) is 52.0 Å². The first-order chi connectivity index (χ1) is 9.69. The third-order valence-corrected chi connectivity index (χ3v) is 2.87. The van der Waals surface area contributed by atoms with E-state index in [1.165, 1.54) is 0 Å². The van der Waals surface area contributed by atoms with Gasteiger partial charge < -0.3 is 10.1 Å². The van der Waals surface area contributed by atoms with Gasteiger partial charge in [-0.3, -0.25) is 9.67 Å². The molecule has 0 aliphatic carbocycles. The van der Waals surface area contributed by atoms with Crippen molar-refractivity contribution in [3.63, 3.8) is 0 Å². The van der Waals surface area contributed by atoms with Crippen molar-refractivity contribution in [1.82, 2.24) is 20.1 Å². The van der Waals surface area contributed by atoms with Crippen molar-refractivity contribution in [1.29, 1.82) is 0 Å². The van der Waals surface area contributed by atoms with Gasteiger partial charge in [0.15, 0.2) is 5.75 Å². The third kappa shape index (κ3) is 4.06. The highest BCUT2D eigenvalue weighted by Gasteiger charge is 2.04. The quantitative estimate of drug-likeness (QED) is 0.788. The first kappa shape index (κ1) is 14.5. The van der Waals surface area contributed by atoms with Gasteiger partial charge in [0, 0.05) is 18.8 Å². The minimum atomic E-state index is 0.329. The SMILES string of the molecule is CCCNCc1cncc(Oc2cnn(C(C)C)c2)c1. The van der Waals surface area contributed by atoms with Crippen LogP contribution < -0.4 is 10.1 Å². The Morgan fingerprint density at radius 3 is 2.80 bits per heavy atom. The van der Waals surface area contributed by atoms with E-state index in [2.05, 4.69) is 36.2 Å². The fraction of sp³-hybridized carbons (Fsp3) is 0.467. The van der Waals surface area contributed by atoms with Crippen LogP contribution >= 0.6 is 0 Å². The molecule has 5 heteroatoms. The second kappa shape index (κ2) is 7.05. The average Bonchev–Trinajstić information content (AvgIpc) is 2.88. The highest BCUT2D eigenvalue weighted by molar-refractivity contribution is 5.28. The number of hydrogen-bond acceptors (Lipinski definition) is 4. The van der Waals surface area contributed by atoms with Crippen molar-refractivity contribution < 1.29 is 4.74 Å². The summed E-state index contributed by atoms with van der Waals surface area (Å²) < 4.78 is 7.65. The van der Waals surface area contributed by atoms with Crippen molar-refractivity contribution >= 4 is 0 Å². The Balaban J connectivity index is 1.99. The van der Waals surface area contributed by atoms with E-state index >= 15 is 0 Å². The number of hydrogen-bond donors (Lipinski definition) is 1. The van der Waals surface area contributed by atoms with Crippen LogP contribution in [0.4, 0.5) is 0 Å². The van der Waals surface area contributed by atoms with Crippen LogP contribution in [0.3, 0.4) is 0 Å². The minimum absolute atomic E-state index is 0.329. The molecule has 2 aromatic rings. The molecule has 0 aliphatic heterocycles. The summed E-state index contributed by atoms with van der Waals surface area (Å²) in [4.78, 5) is 4.21. The van der Waals surface area contributed by atoms with Gasteiger partial charge in [0.1, 0.15) is 5.75 Å². The van der Waals surface area contributed by atoms with E-state index in [0.29, 0.717) is 6.04 Å². The number of rotatable bonds is 7. The Morgan fingerprint density at radius 2 is 2.10 bits per heavy atom. The van der Waals surface area contributed by atoms with E-state index in [0.717, 1.165) is 36.6 Å². The predicted octanol–water partition coefficient (Wildman–Crippen LogP) is 3.15. The highest BCUT2D eigenvalue weighted by atomic mass is 16.5. The van der Waals surface area contributed by atoms with Gasteiger partial charge in [0.05, 0.1) is 18.6 Å².